The third kappa shape index (κ3) is 6.02. The Morgan fingerprint density at radius 1 is 0.926 bits per heavy atom. The number of benzene rings is 2. The summed E-state index contributed by atoms with van der Waals surface area (Å²) in [6.07, 6.45) is 0. The number of methoxy groups -OCH3 is 1. The molecule has 2 aromatic carbocycles. The van der Waals surface area contributed by atoms with Gasteiger partial charge >= 0.3 is 0 Å². The normalized spacial score (nSPS) is 12.0. The van der Waals surface area contributed by atoms with E-state index in [4.69, 9.17) is 4.74 Å². The summed E-state index contributed by atoms with van der Waals surface area (Å²) in [4.78, 5) is 24.4. The SMILES string of the molecule is COc1cccc(NC(=O)C(C)Nc2ccc(NC(=O)C(C)(C)C)cc2)c1. The van der Waals surface area contributed by atoms with Gasteiger partial charge in [0, 0.05) is 28.5 Å². The molecule has 3 N–H and O–H groups in total. The lowest BCUT2D eigenvalue weighted by Gasteiger charge is -2.18. The highest BCUT2D eigenvalue weighted by Crippen LogP contribution is 2.20. The number of nitrogens with one attached hydrogen (secondary N) is 3. The fourth-order valence-electron chi connectivity index (χ4n) is 2.24. The predicted molar refractivity (Wildman–Crippen MR) is 109 cm³/mol. The van der Waals surface area contributed by atoms with Gasteiger partial charge in [-0.05, 0) is 43.3 Å². The van der Waals surface area contributed by atoms with E-state index in [9.17, 15) is 9.59 Å². The van der Waals surface area contributed by atoms with E-state index in [0.29, 0.717) is 17.1 Å². The second kappa shape index (κ2) is 8.58. The molecule has 1 unspecified atom stereocenters. The lowest BCUT2D eigenvalue weighted by atomic mass is 9.95. The Bertz CT molecular complexity index is 795. The third-order valence-corrected chi connectivity index (χ3v) is 3.94. The number of amides is 2. The largest absolute Gasteiger partial charge is 0.497 e. The van der Waals surface area contributed by atoms with Crippen molar-refractivity contribution in [2.24, 2.45) is 5.41 Å². The number of hydrogen-bond donors (Lipinski definition) is 3. The fourth-order valence-corrected chi connectivity index (χ4v) is 2.24. The first-order chi connectivity index (χ1) is 12.7. The molecule has 0 bridgehead atoms. The van der Waals surface area contributed by atoms with Crippen molar-refractivity contribution in [3.63, 3.8) is 0 Å². The average molecular weight is 369 g/mol. The van der Waals surface area contributed by atoms with Crippen LogP contribution in [0.5, 0.6) is 5.75 Å². The van der Waals surface area contributed by atoms with Crippen molar-refractivity contribution in [1.82, 2.24) is 0 Å². The Kier molecular flexibility index (Phi) is 6.45. The van der Waals surface area contributed by atoms with Crippen molar-refractivity contribution in [2.75, 3.05) is 23.1 Å². The molecule has 0 heterocycles. The first kappa shape index (κ1) is 20.3. The van der Waals surface area contributed by atoms with E-state index < -0.39 is 11.5 Å². The summed E-state index contributed by atoms with van der Waals surface area (Å²) < 4.78 is 5.16. The van der Waals surface area contributed by atoms with Crippen LogP contribution >= 0.6 is 0 Å². The fraction of sp³-hybridized carbons (Fsp3) is 0.333. The maximum absolute atomic E-state index is 12.4. The van der Waals surface area contributed by atoms with Gasteiger partial charge in [0.15, 0.2) is 0 Å². The summed E-state index contributed by atoms with van der Waals surface area (Å²) in [5.74, 6) is 0.476. The van der Waals surface area contributed by atoms with E-state index in [1.165, 1.54) is 0 Å². The Labute approximate surface area is 160 Å². The smallest absolute Gasteiger partial charge is 0.246 e. The first-order valence-corrected chi connectivity index (χ1v) is 8.82. The summed E-state index contributed by atoms with van der Waals surface area (Å²) in [5, 5.41) is 8.87. The molecule has 6 nitrogen and oxygen atoms in total. The van der Waals surface area contributed by atoms with Crippen molar-refractivity contribution in [3.05, 3.63) is 48.5 Å². The van der Waals surface area contributed by atoms with Gasteiger partial charge < -0.3 is 20.7 Å². The molecule has 2 aromatic rings. The van der Waals surface area contributed by atoms with Gasteiger partial charge in [0.1, 0.15) is 11.8 Å². The van der Waals surface area contributed by atoms with E-state index in [0.717, 1.165) is 5.69 Å². The first-order valence-electron chi connectivity index (χ1n) is 8.82. The summed E-state index contributed by atoms with van der Waals surface area (Å²) in [5.41, 5.74) is 1.73. The highest BCUT2D eigenvalue weighted by molar-refractivity contribution is 5.97. The molecule has 0 aromatic heterocycles. The van der Waals surface area contributed by atoms with Crippen LogP contribution in [-0.4, -0.2) is 25.0 Å². The molecule has 144 valence electrons. The standard InChI is InChI=1S/C21H27N3O3/c1-14(19(25)23-17-7-6-8-18(13-17)27-5)22-15-9-11-16(12-10-15)24-20(26)21(2,3)4/h6-14,22H,1-5H3,(H,23,25)(H,24,26). The number of carbonyl (C=O) groups is 2. The highest BCUT2D eigenvalue weighted by atomic mass is 16.5. The van der Waals surface area contributed by atoms with Crippen LogP contribution in [0.1, 0.15) is 27.7 Å². The van der Waals surface area contributed by atoms with Crippen LogP contribution in [0.25, 0.3) is 0 Å². The number of ether oxygens (including phenoxy) is 1. The Morgan fingerprint density at radius 2 is 1.56 bits per heavy atom. The Balaban J connectivity index is 1.93. The molecule has 2 amide bonds. The van der Waals surface area contributed by atoms with Crippen LogP contribution in [0.2, 0.25) is 0 Å². The van der Waals surface area contributed by atoms with E-state index in [2.05, 4.69) is 16.0 Å². The lowest BCUT2D eigenvalue weighted by molar-refractivity contribution is -0.123. The molecule has 0 spiro atoms. The average Bonchev–Trinajstić information content (AvgIpc) is 2.62. The zero-order valence-corrected chi connectivity index (χ0v) is 16.4. The van der Waals surface area contributed by atoms with Crippen molar-refractivity contribution < 1.29 is 14.3 Å². The molecule has 27 heavy (non-hydrogen) atoms. The quantitative estimate of drug-likeness (QED) is 0.716. The van der Waals surface area contributed by atoms with Gasteiger partial charge in [0.05, 0.1) is 7.11 Å². The molecule has 0 saturated heterocycles. The third-order valence-electron chi connectivity index (χ3n) is 3.94. The molecule has 0 saturated carbocycles. The van der Waals surface area contributed by atoms with Crippen LogP contribution in [0.3, 0.4) is 0 Å². The van der Waals surface area contributed by atoms with E-state index in [1.54, 1.807) is 38.3 Å². The van der Waals surface area contributed by atoms with E-state index in [-0.39, 0.29) is 11.8 Å². The van der Waals surface area contributed by atoms with E-state index in [1.807, 2.05) is 45.0 Å². The van der Waals surface area contributed by atoms with Crippen molar-refractivity contribution in [1.29, 1.82) is 0 Å². The number of anilines is 3. The number of carbonyl (C=O) groups excluding carboxylic acids is 2. The summed E-state index contributed by atoms with van der Waals surface area (Å²) in [7, 11) is 1.58. The molecule has 0 radical (unpaired) electrons. The molecular weight excluding hydrogens is 342 g/mol. The second-order valence-electron chi connectivity index (χ2n) is 7.37. The zero-order chi connectivity index (χ0) is 20.0. The molecule has 1 atom stereocenters. The van der Waals surface area contributed by atoms with Gasteiger partial charge in [-0.1, -0.05) is 26.8 Å². The van der Waals surface area contributed by atoms with Crippen molar-refractivity contribution in [3.8, 4) is 5.75 Å². The van der Waals surface area contributed by atoms with Gasteiger partial charge in [-0.25, -0.2) is 0 Å². The summed E-state index contributed by atoms with van der Waals surface area (Å²) in [6.45, 7) is 7.37. The number of rotatable bonds is 6. The van der Waals surface area contributed by atoms with Gasteiger partial charge in [0.25, 0.3) is 0 Å². The minimum absolute atomic E-state index is 0.0470. The minimum Gasteiger partial charge on any atom is -0.497 e. The Hall–Kier alpha value is -3.02. The molecular formula is C21H27N3O3. The van der Waals surface area contributed by atoms with Gasteiger partial charge in [-0.15, -0.1) is 0 Å². The monoisotopic (exact) mass is 369 g/mol. The second-order valence-corrected chi connectivity index (χ2v) is 7.37. The summed E-state index contributed by atoms with van der Waals surface area (Å²) >= 11 is 0. The molecule has 0 aliphatic carbocycles. The predicted octanol–water partition coefficient (Wildman–Crippen LogP) is 4.12. The zero-order valence-electron chi connectivity index (χ0n) is 16.4. The molecule has 2 rings (SSSR count). The number of hydrogen-bond acceptors (Lipinski definition) is 4. The lowest BCUT2D eigenvalue weighted by Crippen LogP contribution is -2.31. The molecule has 0 aliphatic rings. The van der Waals surface area contributed by atoms with Crippen LogP contribution in [0.15, 0.2) is 48.5 Å². The van der Waals surface area contributed by atoms with Crippen LogP contribution in [0.4, 0.5) is 17.1 Å². The molecule has 0 aliphatic heterocycles. The maximum atomic E-state index is 12.4. The van der Waals surface area contributed by atoms with Crippen LogP contribution < -0.4 is 20.7 Å². The van der Waals surface area contributed by atoms with Gasteiger partial charge in [-0.2, -0.15) is 0 Å². The summed E-state index contributed by atoms with van der Waals surface area (Å²) in [6, 6.07) is 14.0. The van der Waals surface area contributed by atoms with Crippen LogP contribution in [0, 0.1) is 5.41 Å². The topological polar surface area (TPSA) is 79.5 Å². The minimum atomic E-state index is -0.455. The molecule has 6 heteroatoms. The highest BCUT2D eigenvalue weighted by Gasteiger charge is 2.21. The molecule has 0 fully saturated rings. The van der Waals surface area contributed by atoms with E-state index >= 15 is 0 Å². The van der Waals surface area contributed by atoms with Gasteiger partial charge in [-0.3, -0.25) is 9.59 Å². The van der Waals surface area contributed by atoms with Crippen molar-refractivity contribution >= 4 is 28.9 Å². The van der Waals surface area contributed by atoms with Crippen molar-refractivity contribution in [2.45, 2.75) is 33.7 Å². The Morgan fingerprint density at radius 3 is 2.15 bits per heavy atom. The van der Waals surface area contributed by atoms with Crippen LogP contribution in [-0.2, 0) is 9.59 Å². The van der Waals surface area contributed by atoms with Gasteiger partial charge in [0.2, 0.25) is 11.8 Å². The maximum Gasteiger partial charge on any atom is 0.246 e.